The third-order valence-corrected chi connectivity index (χ3v) is 3.16. The summed E-state index contributed by atoms with van der Waals surface area (Å²) in [4.78, 5) is 2.60. The van der Waals surface area contributed by atoms with Gasteiger partial charge in [-0.1, -0.05) is 20.3 Å². The number of hydrogen-bond donors (Lipinski definition) is 1. The number of piperazine rings is 1. The first-order chi connectivity index (χ1) is 6.20. The van der Waals surface area contributed by atoms with Crippen molar-refractivity contribution in [1.29, 1.82) is 0 Å². The minimum Gasteiger partial charge on any atom is -0.309 e. The molecule has 2 heteroatoms. The van der Waals surface area contributed by atoms with Crippen molar-refractivity contribution in [2.75, 3.05) is 26.2 Å². The van der Waals surface area contributed by atoms with Crippen LogP contribution >= 0.6 is 0 Å². The van der Waals surface area contributed by atoms with Crippen molar-refractivity contribution in [3.05, 3.63) is 0 Å². The zero-order valence-corrected chi connectivity index (χ0v) is 9.40. The van der Waals surface area contributed by atoms with Crippen LogP contribution in [-0.2, 0) is 0 Å². The highest BCUT2D eigenvalue weighted by Gasteiger charge is 2.27. The first-order valence-electron chi connectivity index (χ1n) is 5.67. The molecule has 1 N–H and O–H groups in total. The Morgan fingerprint density at radius 1 is 1.38 bits per heavy atom. The van der Waals surface area contributed by atoms with E-state index in [9.17, 15) is 0 Å². The van der Waals surface area contributed by atoms with Crippen molar-refractivity contribution in [3.8, 4) is 0 Å². The predicted octanol–water partition coefficient (Wildman–Crippen LogP) is 1.86. The maximum Gasteiger partial charge on any atom is 0.0278 e. The Labute approximate surface area is 82.7 Å². The average Bonchev–Trinajstić information content (AvgIpc) is 2.15. The lowest BCUT2D eigenvalue weighted by Gasteiger charge is -2.41. The van der Waals surface area contributed by atoms with Gasteiger partial charge in [0.25, 0.3) is 0 Å². The molecule has 13 heavy (non-hydrogen) atoms. The zero-order chi connectivity index (χ0) is 9.73. The predicted molar refractivity (Wildman–Crippen MR) is 58.0 cm³/mol. The minimum atomic E-state index is 0.367. The fraction of sp³-hybridized carbons (Fsp3) is 1.00. The van der Waals surface area contributed by atoms with Gasteiger partial charge in [0, 0.05) is 25.2 Å². The summed E-state index contributed by atoms with van der Waals surface area (Å²) in [7, 11) is 0. The van der Waals surface area contributed by atoms with E-state index in [-0.39, 0.29) is 0 Å². The molecule has 1 heterocycles. The molecule has 1 unspecified atom stereocenters. The first-order valence-corrected chi connectivity index (χ1v) is 5.67. The lowest BCUT2D eigenvalue weighted by Crippen LogP contribution is -2.58. The average molecular weight is 184 g/mol. The Hall–Kier alpha value is -0.0800. The van der Waals surface area contributed by atoms with E-state index in [0.29, 0.717) is 5.54 Å². The minimum absolute atomic E-state index is 0.367. The van der Waals surface area contributed by atoms with Gasteiger partial charge in [-0.05, 0) is 26.3 Å². The summed E-state index contributed by atoms with van der Waals surface area (Å²) in [6.45, 7) is 11.8. The van der Waals surface area contributed by atoms with Crippen LogP contribution in [0.2, 0.25) is 0 Å². The molecule has 1 aliphatic rings. The van der Waals surface area contributed by atoms with Gasteiger partial charge in [-0.15, -0.1) is 0 Å². The molecule has 0 aliphatic carbocycles. The summed E-state index contributed by atoms with van der Waals surface area (Å²) in [6, 6.07) is 0. The smallest absolute Gasteiger partial charge is 0.0278 e. The molecule has 1 fully saturated rings. The molecule has 1 rings (SSSR count). The molecule has 2 nitrogen and oxygen atoms in total. The second-order valence-electron chi connectivity index (χ2n) is 4.47. The molecule has 0 amide bonds. The second-order valence-corrected chi connectivity index (χ2v) is 4.47. The Balaban J connectivity index is 2.33. The maximum absolute atomic E-state index is 3.61. The molecule has 0 saturated carbocycles. The van der Waals surface area contributed by atoms with Gasteiger partial charge in [0.1, 0.15) is 0 Å². The van der Waals surface area contributed by atoms with Crippen molar-refractivity contribution >= 4 is 0 Å². The second kappa shape index (κ2) is 4.97. The van der Waals surface area contributed by atoms with Gasteiger partial charge >= 0.3 is 0 Å². The molecule has 0 aromatic carbocycles. The highest BCUT2D eigenvalue weighted by molar-refractivity contribution is 4.89. The van der Waals surface area contributed by atoms with Gasteiger partial charge in [0.15, 0.2) is 0 Å². The molecule has 1 saturated heterocycles. The summed E-state index contributed by atoms with van der Waals surface area (Å²) in [6.07, 6.45) is 3.89. The number of rotatable bonds is 4. The van der Waals surface area contributed by atoms with Gasteiger partial charge in [-0.25, -0.2) is 0 Å². The first kappa shape index (κ1) is 11.0. The molecule has 1 aliphatic heterocycles. The Morgan fingerprint density at radius 3 is 2.77 bits per heavy atom. The number of unbranched alkanes of at least 4 members (excludes halogenated alkanes) is 1. The summed E-state index contributed by atoms with van der Waals surface area (Å²) in [5, 5.41) is 3.61. The quantitative estimate of drug-likeness (QED) is 0.717. The largest absolute Gasteiger partial charge is 0.309 e. The van der Waals surface area contributed by atoms with Crippen molar-refractivity contribution in [3.63, 3.8) is 0 Å². The highest BCUT2D eigenvalue weighted by atomic mass is 15.2. The van der Waals surface area contributed by atoms with Gasteiger partial charge in [-0.3, -0.25) is 0 Å². The zero-order valence-electron chi connectivity index (χ0n) is 9.40. The molecule has 0 radical (unpaired) electrons. The van der Waals surface area contributed by atoms with Crippen molar-refractivity contribution < 1.29 is 0 Å². The Kier molecular flexibility index (Phi) is 4.20. The van der Waals surface area contributed by atoms with Crippen LogP contribution in [0.25, 0.3) is 0 Å². The van der Waals surface area contributed by atoms with E-state index in [2.05, 4.69) is 31.0 Å². The summed E-state index contributed by atoms with van der Waals surface area (Å²) in [5.74, 6) is 0. The van der Waals surface area contributed by atoms with Crippen LogP contribution in [0.1, 0.15) is 40.0 Å². The Bertz CT molecular complexity index is 147. The van der Waals surface area contributed by atoms with Crippen LogP contribution in [0.5, 0.6) is 0 Å². The van der Waals surface area contributed by atoms with Crippen LogP contribution in [-0.4, -0.2) is 36.6 Å². The van der Waals surface area contributed by atoms with Crippen LogP contribution in [0.4, 0.5) is 0 Å². The van der Waals surface area contributed by atoms with E-state index in [1.165, 1.54) is 38.9 Å². The molecule has 0 spiro atoms. The summed E-state index contributed by atoms with van der Waals surface area (Å²) < 4.78 is 0. The molecular formula is C11H24N2. The topological polar surface area (TPSA) is 15.3 Å². The fourth-order valence-electron chi connectivity index (χ4n) is 1.95. The highest BCUT2D eigenvalue weighted by Crippen LogP contribution is 2.15. The van der Waals surface area contributed by atoms with E-state index in [4.69, 9.17) is 0 Å². The molecule has 0 aromatic heterocycles. The fourth-order valence-corrected chi connectivity index (χ4v) is 1.95. The van der Waals surface area contributed by atoms with E-state index in [1.807, 2.05) is 0 Å². The monoisotopic (exact) mass is 184 g/mol. The standard InChI is InChI=1S/C11H24N2/c1-4-6-8-13-9-7-12-11(3,5-2)10-13/h12H,4-10H2,1-3H3. The van der Waals surface area contributed by atoms with E-state index >= 15 is 0 Å². The maximum atomic E-state index is 3.61. The molecule has 78 valence electrons. The third kappa shape index (κ3) is 3.28. The van der Waals surface area contributed by atoms with Crippen LogP contribution in [0.3, 0.4) is 0 Å². The third-order valence-electron chi connectivity index (χ3n) is 3.16. The number of nitrogens with zero attached hydrogens (tertiary/aromatic N) is 1. The van der Waals surface area contributed by atoms with Crippen molar-refractivity contribution in [2.45, 2.75) is 45.6 Å². The molecule has 1 atom stereocenters. The summed E-state index contributed by atoms with van der Waals surface area (Å²) >= 11 is 0. The number of hydrogen-bond acceptors (Lipinski definition) is 2. The molecular weight excluding hydrogens is 160 g/mol. The molecule has 0 aromatic rings. The molecule has 0 bridgehead atoms. The van der Waals surface area contributed by atoms with E-state index in [0.717, 1.165) is 6.54 Å². The lowest BCUT2D eigenvalue weighted by atomic mass is 9.96. The number of nitrogens with one attached hydrogen (secondary N) is 1. The van der Waals surface area contributed by atoms with Crippen molar-refractivity contribution in [2.24, 2.45) is 0 Å². The van der Waals surface area contributed by atoms with E-state index < -0.39 is 0 Å². The lowest BCUT2D eigenvalue weighted by molar-refractivity contribution is 0.138. The van der Waals surface area contributed by atoms with Crippen LogP contribution in [0.15, 0.2) is 0 Å². The van der Waals surface area contributed by atoms with Gasteiger partial charge in [0.05, 0.1) is 0 Å². The van der Waals surface area contributed by atoms with Crippen LogP contribution in [0, 0.1) is 0 Å². The normalized spacial score (nSPS) is 30.7. The Morgan fingerprint density at radius 2 is 2.15 bits per heavy atom. The van der Waals surface area contributed by atoms with Gasteiger partial charge in [0.2, 0.25) is 0 Å². The van der Waals surface area contributed by atoms with Crippen molar-refractivity contribution in [1.82, 2.24) is 10.2 Å². The SMILES string of the molecule is CCCCN1CCNC(C)(CC)C1. The van der Waals surface area contributed by atoms with E-state index in [1.54, 1.807) is 0 Å². The van der Waals surface area contributed by atoms with Gasteiger partial charge in [-0.2, -0.15) is 0 Å². The van der Waals surface area contributed by atoms with Crippen LogP contribution < -0.4 is 5.32 Å². The van der Waals surface area contributed by atoms with Gasteiger partial charge < -0.3 is 10.2 Å². The summed E-state index contributed by atoms with van der Waals surface area (Å²) in [5.41, 5.74) is 0.367.